The molecule has 3 rings (SSSR count). The van der Waals surface area contributed by atoms with Crippen molar-refractivity contribution in [2.75, 3.05) is 23.7 Å². The zero-order chi connectivity index (χ0) is 24.6. The van der Waals surface area contributed by atoms with Crippen molar-refractivity contribution in [3.8, 4) is 11.5 Å². The third-order valence-electron chi connectivity index (χ3n) is 5.05. The summed E-state index contributed by atoms with van der Waals surface area (Å²) in [6.45, 7) is 4.09. The molecule has 0 fully saturated rings. The average molecular weight is 483 g/mol. The van der Waals surface area contributed by atoms with Crippen molar-refractivity contribution >= 4 is 21.6 Å². The molecule has 1 N–H and O–H groups in total. The predicted molar refractivity (Wildman–Crippen MR) is 134 cm³/mol. The smallest absolute Gasteiger partial charge is 0.241 e. The minimum absolute atomic E-state index is 0.267. The normalized spacial score (nSPS) is 12.0. The lowest BCUT2D eigenvalue weighted by Crippen LogP contribution is -2.44. The molecule has 0 aliphatic rings. The van der Waals surface area contributed by atoms with E-state index in [1.54, 1.807) is 31.2 Å². The molecule has 8 heteroatoms. The van der Waals surface area contributed by atoms with Gasteiger partial charge in [0, 0.05) is 0 Å². The van der Waals surface area contributed by atoms with Crippen molar-refractivity contribution in [1.82, 2.24) is 5.32 Å². The number of para-hydroxylation sites is 1. The van der Waals surface area contributed by atoms with E-state index in [1.807, 2.05) is 61.5 Å². The predicted octanol–water partition coefficient (Wildman–Crippen LogP) is 3.92. The highest BCUT2D eigenvalue weighted by molar-refractivity contribution is 7.92. The van der Waals surface area contributed by atoms with Crippen LogP contribution in [0.15, 0.2) is 78.9 Å². The number of sulfonamides is 1. The van der Waals surface area contributed by atoms with Gasteiger partial charge >= 0.3 is 0 Å². The second-order valence-corrected chi connectivity index (χ2v) is 9.99. The van der Waals surface area contributed by atoms with E-state index in [-0.39, 0.29) is 19.2 Å². The van der Waals surface area contributed by atoms with Gasteiger partial charge in [-0.1, -0.05) is 48.5 Å². The number of nitrogens with one attached hydrogen (secondary N) is 1. The first-order valence-electron chi connectivity index (χ1n) is 10.9. The number of carbonyl (C=O) groups excluding carboxylic acids is 1. The Bertz CT molecular complexity index is 1180. The summed E-state index contributed by atoms with van der Waals surface area (Å²) < 4.78 is 37.4. The van der Waals surface area contributed by atoms with Crippen LogP contribution >= 0.6 is 0 Å². The summed E-state index contributed by atoms with van der Waals surface area (Å²) in [6, 6.07) is 23.7. The number of nitrogens with zero attached hydrogens (tertiary/aromatic N) is 1. The topological polar surface area (TPSA) is 84.9 Å². The number of carbonyl (C=O) groups is 1. The molecule has 0 aromatic heterocycles. The van der Waals surface area contributed by atoms with Crippen molar-refractivity contribution in [1.29, 1.82) is 0 Å². The number of aryl methyl sites for hydroxylation is 1. The van der Waals surface area contributed by atoms with Crippen LogP contribution in [0, 0.1) is 6.92 Å². The Balaban J connectivity index is 1.57. The maximum atomic E-state index is 12.6. The summed E-state index contributed by atoms with van der Waals surface area (Å²) in [5.41, 5.74) is 2.41. The van der Waals surface area contributed by atoms with Crippen LogP contribution < -0.4 is 19.1 Å². The number of anilines is 1. The zero-order valence-electron chi connectivity index (χ0n) is 19.6. The monoisotopic (exact) mass is 482 g/mol. The molecular formula is C26H30N2O5S. The van der Waals surface area contributed by atoms with Gasteiger partial charge in [-0.15, -0.1) is 0 Å². The highest BCUT2D eigenvalue weighted by Gasteiger charge is 2.22. The Morgan fingerprint density at radius 3 is 2.24 bits per heavy atom. The van der Waals surface area contributed by atoms with Crippen LogP contribution in [0.4, 0.5) is 5.69 Å². The number of hydrogen-bond acceptors (Lipinski definition) is 5. The number of rotatable bonds is 11. The first kappa shape index (κ1) is 25.1. The maximum Gasteiger partial charge on any atom is 0.241 e. The van der Waals surface area contributed by atoms with E-state index in [9.17, 15) is 13.2 Å². The van der Waals surface area contributed by atoms with Crippen LogP contribution in [-0.4, -0.2) is 39.8 Å². The van der Waals surface area contributed by atoms with E-state index in [1.165, 1.54) is 0 Å². The van der Waals surface area contributed by atoms with Gasteiger partial charge in [-0.05, 0) is 55.3 Å². The number of amides is 1. The molecule has 0 aliphatic carbocycles. The molecule has 34 heavy (non-hydrogen) atoms. The van der Waals surface area contributed by atoms with Crippen molar-refractivity contribution in [2.24, 2.45) is 0 Å². The Hall–Kier alpha value is -3.52. The minimum Gasteiger partial charge on any atom is -0.491 e. The standard InChI is InChI=1S/C26H30N2O5S/c1-20-9-7-8-12-25(20)33-18-21(2)27-26(29)17-28(34(3,30)31)23-13-15-24(16-14-23)32-19-22-10-5-4-6-11-22/h4-16,21H,17-19H2,1-3H3,(H,27,29). The van der Waals surface area contributed by atoms with Gasteiger partial charge in [0.1, 0.15) is 31.3 Å². The second-order valence-electron chi connectivity index (χ2n) is 8.08. The van der Waals surface area contributed by atoms with E-state index in [4.69, 9.17) is 9.47 Å². The Kier molecular flexibility index (Phi) is 8.54. The molecule has 0 spiro atoms. The van der Waals surface area contributed by atoms with Crippen LogP contribution in [0.25, 0.3) is 0 Å². The molecule has 1 unspecified atom stereocenters. The fraction of sp³-hybridized carbons (Fsp3) is 0.269. The zero-order valence-corrected chi connectivity index (χ0v) is 20.4. The van der Waals surface area contributed by atoms with Crippen LogP contribution in [-0.2, 0) is 21.4 Å². The lowest BCUT2D eigenvalue weighted by atomic mass is 10.2. The summed E-state index contributed by atoms with van der Waals surface area (Å²) in [5.74, 6) is 0.930. The SMILES string of the molecule is Cc1ccccc1OCC(C)NC(=O)CN(c1ccc(OCc2ccccc2)cc1)S(C)(=O)=O. The number of hydrogen-bond donors (Lipinski definition) is 1. The third kappa shape index (κ3) is 7.52. The van der Waals surface area contributed by atoms with Crippen molar-refractivity contribution < 1.29 is 22.7 Å². The highest BCUT2D eigenvalue weighted by atomic mass is 32.2. The van der Waals surface area contributed by atoms with Gasteiger partial charge in [0.2, 0.25) is 15.9 Å². The van der Waals surface area contributed by atoms with Crippen LogP contribution in [0.2, 0.25) is 0 Å². The molecule has 180 valence electrons. The van der Waals surface area contributed by atoms with Gasteiger partial charge < -0.3 is 14.8 Å². The molecule has 0 heterocycles. The minimum atomic E-state index is -3.68. The molecule has 1 atom stereocenters. The molecular weight excluding hydrogens is 452 g/mol. The van der Waals surface area contributed by atoms with Crippen LogP contribution in [0.3, 0.4) is 0 Å². The van der Waals surface area contributed by atoms with Crippen molar-refractivity contribution in [2.45, 2.75) is 26.5 Å². The maximum absolute atomic E-state index is 12.6. The summed E-state index contributed by atoms with van der Waals surface area (Å²) in [7, 11) is -3.68. The van der Waals surface area contributed by atoms with E-state index in [0.29, 0.717) is 18.0 Å². The molecule has 0 saturated carbocycles. The first-order valence-corrected chi connectivity index (χ1v) is 12.8. The van der Waals surface area contributed by atoms with Crippen molar-refractivity contribution in [3.63, 3.8) is 0 Å². The van der Waals surface area contributed by atoms with E-state index in [0.717, 1.165) is 27.4 Å². The van der Waals surface area contributed by atoms with E-state index in [2.05, 4.69) is 5.32 Å². The molecule has 3 aromatic carbocycles. The van der Waals surface area contributed by atoms with Crippen LogP contribution in [0.5, 0.6) is 11.5 Å². The quantitative estimate of drug-likeness (QED) is 0.448. The van der Waals surface area contributed by atoms with Gasteiger partial charge in [0.25, 0.3) is 0 Å². The Morgan fingerprint density at radius 2 is 1.59 bits per heavy atom. The molecule has 0 bridgehead atoms. The van der Waals surface area contributed by atoms with Gasteiger partial charge in [-0.25, -0.2) is 8.42 Å². The van der Waals surface area contributed by atoms with Gasteiger partial charge in [-0.3, -0.25) is 9.10 Å². The Labute approximate surface area is 201 Å². The molecule has 0 saturated heterocycles. The fourth-order valence-electron chi connectivity index (χ4n) is 3.28. The highest BCUT2D eigenvalue weighted by Crippen LogP contribution is 2.22. The fourth-order valence-corrected chi connectivity index (χ4v) is 4.13. The Morgan fingerprint density at radius 1 is 0.941 bits per heavy atom. The van der Waals surface area contributed by atoms with E-state index >= 15 is 0 Å². The molecule has 0 aliphatic heterocycles. The van der Waals surface area contributed by atoms with Gasteiger partial charge in [-0.2, -0.15) is 0 Å². The summed E-state index contributed by atoms with van der Waals surface area (Å²) in [6.07, 6.45) is 1.07. The third-order valence-corrected chi connectivity index (χ3v) is 6.19. The molecule has 7 nitrogen and oxygen atoms in total. The number of benzene rings is 3. The first-order chi connectivity index (χ1) is 16.2. The largest absolute Gasteiger partial charge is 0.491 e. The molecule has 0 radical (unpaired) electrons. The van der Waals surface area contributed by atoms with E-state index < -0.39 is 15.9 Å². The molecule has 1 amide bonds. The lowest BCUT2D eigenvalue weighted by molar-refractivity contribution is -0.120. The lowest BCUT2D eigenvalue weighted by Gasteiger charge is -2.23. The van der Waals surface area contributed by atoms with Gasteiger partial charge in [0.05, 0.1) is 18.0 Å². The van der Waals surface area contributed by atoms with Crippen molar-refractivity contribution in [3.05, 3.63) is 90.0 Å². The summed E-state index contributed by atoms with van der Waals surface area (Å²) in [4.78, 5) is 12.6. The average Bonchev–Trinajstić information content (AvgIpc) is 2.81. The second kappa shape index (κ2) is 11.6. The number of ether oxygens (including phenoxy) is 2. The van der Waals surface area contributed by atoms with Crippen LogP contribution in [0.1, 0.15) is 18.1 Å². The summed E-state index contributed by atoms with van der Waals surface area (Å²) in [5, 5.41) is 2.80. The van der Waals surface area contributed by atoms with Gasteiger partial charge in [0.15, 0.2) is 0 Å². The summed E-state index contributed by atoms with van der Waals surface area (Å²) >= 11 is 0. The molecule has 3 aromatic rings.